The van der Waals surface area contributed by atoms with Crippen LogP contribution in [0.15, 0.2) is 0 Å². The summed E-state index contributed by atoms with van der Waals surface area (Å²) in [5, 5.41) is 9.87. The normalized spacial score (nSPS) is 17.4. The van der Waals surface area contributed by atoms with Gasteiger partial charge >= 0.3 is 0 Å². The molecule has 0 aliphatic rings. The van der Waals surface area contributed by atoms with Gasteiger partial charge in [0, 0.05) is 12.8 Å². The van der Waals surface area contributed by atoms with E-state index in [1.807, 2.05) is 13.8 Å². The molecule has 0 heterocycles. The minimum absolute atomic E-state index is 0.0150. The topological polar surface area (TPSA) is 80.4 Å². The Morgan fingerprint density at radius 1 is 1.46 bits per heavy atom. The fraction of sp³-hybridized carbons (Fsp3) is 1.00. The summed E-state index contributed by atoms with van der Waals surface area (Å²) < 4.78 is 21.7. The van der Waals surface area contributed by atoms with Crippen molar-refractivity contribution in [1.29, 1.82) is 0 Å². The minimum Gasteiger partial charge on any atom is -0.388 e. The molecule has 0 radical (unpaired) electrons. The van der Waals surface area contributed by atoms with E-state index in [0.29, 0.717) is 0 Å². The highest BCUT2D eigenvalue weighted by atomic mass is 32.2. The van der Waals surface area contributed by atoms with Gasteiger partial charge < -0.3 is 10.8 Å². The smallest absolute Gasteiger partial charge is 0.147 e. The number of sulfone groups is 1. The summed E-state index contributed by atoms with van der Waals surface area (Å²) in [6.07, 6.45) is 1.37. The molecule has 3 N–H and O–H groups in total. The van der Waals surface area contributed by atoms with Crippen LogP contribution >= 0.6 is 0 Å². The van der Waals surface area contributed by atoms with Gasteiger partial charge in [0.25, 0.3) is 0 Å². The highest BCUT2D eigenvalue weighted by Crippen LogP contribution is 2.20. The predicted octanol–water partition coefficient (Wildman–Crippen LogP) is -0.233. The zero-order valence-corrected chi connectivity index (χ0v) is 9.26. The molecule has 0 aliphatic heterocycles. The molecular weight excluding hydrogens is 190 g/mol. The van der Waals surface area contributed by atoms with Gasteiger partial charge in [-0.05, 0) is 12.3 Å². The minimum atomic E-state index is -3.02. The Morgan fingerprint density at radius 2 is 1.92 bits per heavy atom. The lowest BCUT2D eigenvalue weighted by Crippen LogP contribution is -2.44. The second-order valence-corrected chi connectivity index (χ2v) is 6.10. The van der Waals surface area contributed by atoms with Crippen molar-refractivity contribution in [1.82, 2.24) is 0 Å². The van der Waals surface area contributed by atoms with Gasteiger partial charge in [0.1, 0.15) is 9.84 Å². The Labute approximate surface area is 80.1 Å². The van der Waals surface area contributed by atoms with Crippen molar-refractivity contribution in [3.05, 3.63) is 0 Å². The van der Waals surface area contributed by atoms with E-state index in [9.17, 15) is 13.5 Å². The summed E-state index contributed by atoms with van der Waals surface area (Å²) in [4.78, 5) is 0. The van der Waals surface area contributed by atoms with Crippen molar-refractivity contribution < 1.29 is 13.5 Å². The number of aliphatic hydroxyl groups is 1. The van der Waals surface area contributed by atoms with E-state index in [1.54, 1.807) is 0 Å². The average molecular weight is 209 g/mol. The number of nitrogens with two attached hydrogens (primary N) is 1. The third-order valence-electron chi connectivity index (χ3n) is 2.33. The van der Waals surface area contributed by atoms with Crippen LogP contribution in [0.4, 0.5) is 0 Å². The summed E-state index contributed by atoms with van der Waals surface area (Å²) in [6.45, 7) is 3.75. The fourth-order valence-corrected chi connectivity index (χ4v) is 1.71. The number of hydrogen-bond donors (Lipinski definition) is 2. The SMILES string of the molecule is CC(C)C(O)(CN)CCS(C)(=O)=O. The van der Waals surface area contributed by atoms with Crippen LogP contribution in [-0.4, -0.2) is 37.7 Å². The fourth-order valence-electron chi connectivity index (χ4n) is 0.989. The third-order valence-corrected chi connectivity index (χ3v) is 3.28. The van der Waals surface area contributed by atoms with Crippen LogP contribution in [0.5, 0.6) is 0 Å². The molecule has 0 aliphatic carbocycles. The Balaban J connectivity index is 4.30. The molecule has 0 amide bonds. The lowest BCUT2D eigenvalue weighted by atomic mass is 9.88. The van der Waals surface area contributed by atoms with Crippen molar-refractivity contribution in [2.45, 2.75) is 25.9 Å². The summed E-state index contributed by atoms with van der Waals surface area (Å²) in [6, 6.07) is 0. The second-order valence-electron chi connectivity index (χ2n) is 3.84. The first-order valence-corrected chi connectivity index (χ1v) is 6.37. The molecule has 0 fully saturated rings. The highest BCUT2D eigenvalue weighted by molar-refractivity contribution is 7.90. The van der Waals surface area contributed by atoms with Gasteiger partial charge in [-0.3, -0.25) is 0 Å². The maximum atomic E-state index is 10.9. The van der Waals surface area contributed by atoms with E-state index in [2.05, 4.69) is 0 Å². The zero-order chi connectivity index (χ0) is 10.7. The molecule has 1 unspecified atom stereocenters. The molecular formula is C8H19NO3S. The van der Waals surface area contributed by atoms with E-state index in [-0.39, 0.29) is 24.6 Å². The molecule has 0 aromatic rings. The van der Waals surface area contributed by atoms with Gasteiger partial charge in [-0.15, -0.1) is 0 Å². The average Bonchev–Trinajstić information content (AvgIpc) is 1.98. The van der Waals surface area contributed by atoms with Crippen LogP contribution in [0.1, 0.15) is 20.3 Å². The van der Waals surface area contributed by atoms with Gasteiger partial charge in [-0.2, -0.15) is 0 Å². The quantitative estimate of drug-likeness (QED) is 0.655. The highest BCUT2D eigenvalue weighted by Gasteiger charge is 2.30. The van der Waals surface area contributed by atoms with Crippen LogP contribution in [0.2, 0.25) is 0 Å². The van der Waals surface area contributed by atoms with Gasteiger partial charge in [0.05, 0.1) is 11.4 Å². The molecule has 80 valence electrons. The Morgan fingerprint density at radius 3 is 2.15 bits per heavy atom. The molecule has 0 saturated carbocycles. The van der Waals surface area contributed by atoms with Crippen LogP contribution in [-0.2, 0) is 9.84 Å². The number of rotatable bonds is 5. The largest absolute Gasteiger partial charge is 0.388 e. The van der Waals surface area contributed by atoms with Crippen molar-refractivity contribution in [3.8, 4) is 0 Å². The Kier molecular flexibility index (Phi) is 4.35. The van der Waals surface area contributed by atoms with Crippen LogP contribution in [0, 0.1) is 5.92 Å². The molecule has 13 heavy (non-hydrogen) atoms. The maximum absolute atomic E-state index is 10.9. The molecule has 0 bridgehead atoms. The van der Waals surface area contributed by atoms with E-state index in [0.717, 1.165) is 6.26 Å². The van der Waals surface area contributed by atoms with Gasteiger partial charge in [0.15, 0.2) is 0 Å². The summed E-state index contributed by atoms with van der Waals surface area (Å²) in [7, 11) is -3.02. The van der Waals surface area contributed by atoms with Crippen molar-refractivity contribution in [3.63, 3.8) is 0 Å². The Hall–Kier alpha value is -0.130. The predicted molar refractivity (Wildman–Crippen MR) is 53.2 cm³/mol. The second kappa shape index (κ2) is 4.39. The first-order chi connectivity index (χ1) is 5.71. The monoisotopic (exact) mass is 209 g/mol. The molecule has 0 rings (SSSR count). The van der Waals surface area contributed by atoms with E-state index < -0.39 is 15.4 Å². The molecule has 0 aromatic heterocycles. The van der Waals surface area contributed by atoms with Crippen molar-refractivity contribution in [2.24, 2.45) is 11.7 Å². The number of hydrogen-bond acceptors (Lipinski definition) is 4. The molecule has 4 nitrogen and oxygen atoms in total. The zero-order valence-electron chi connectivity index (χ0n) is 8.45. The van der Waals surface area contributed by atoms with E-state index >= 15 is 0 Å². The van der Waals surface area contributed by atoms with Crippen LogP contribution < -0.4 is 5.73 Å². The Bertz CT molecular complexity index is 248. The molecule has 0 spiro atoms. The van der Waals surface area contributed by atoms with Crippen LogP contribution in [0.3, 0.4) is 0 Å². The molecule has 1 atom stereocenters. The van der Waals surface area contributed by atoms with Crippen LogP contribution in [0.25, 0.3) is 0 Å². The van der Waals surface area contributed by atoms with Gasteiger partial charge in [0.2, 0.25) is 0 Å². The van der Waals surface area contributed by atoms with E-state index in [1.165, 1.54) is 0 Å². The molecule has 5 heteroatoms. The van der Waals surface area contributed by atoms with Gasteiger partial charge in [-0.1, -0.05) is 13.8 Å². The first-order valence-electron chi connectivity index (χ1n) is 4.31. The van der Waals surface area contributed by atoms with Gasteiger partial charge in [-0.25, -0.2) is 8.42 Å². The third kappa shape index (κ3) is 4.59. The van der Waals surface area contributed by atoms with Crippen molar-refractivity contribution in [2.75, 3.05) is 18.6 Å². The summed E-state index contributed by atoms with van der Waals surface area (Å²) >= 11 is 0. The lowest BCUT2D eigenvalue weighted by molar-refractivity contribution is 0.000937. The summed E-state index contributed by atoms with van der Waals surface area (Å²) in [5.74, 6) is -0.0435. The summed E-state index contributed by atoms with van der Waals surface area (Å²) in [5.41, 5.74) is 4.34. The molecule has 0 aromatic carbocycles. The maximum Gasteiger partial charge on any atom is 0.147 e. The standard InChI is InChI=1S/C8H19NO3S/c1-7(2)8(10,6-9)4-5-13(3,11)12/h7,10H,4-6,9H2,1-3H3. The molecule has 0 saturated heterocycles. The first kappa shape index (κ1) is 12.9. The van der Waals surface area contributed by atoms with E-state index in [4.69, 9.17) is 5.73 Å². The van der Waals surface area contributed by atoms with Crippen molar-refractivity contribution >= 4 is 9.84 Å². The lowest BCUT2D eigenvalue weighted by Gasteiger charge is -2.30.